The third-order valence-electron chi connectivity index (χ3n) is 3.98. The molecule has 1 aromatic rings. The van der Waals surface area contributed by atoms with Gasteiger partial charge in [0.25, 0.3) is 0 Å². The zero-order chi connectivity index (χ0) is 13.0. The van der Waals surface area contributed by atoms with Crippen LogP contribution in [0.25, 0.3) is 0 Å². The summed E-state index contributed by atoms with van der Waals surface area (Å²) in [6, 6.07) is 3.25. The third-order valence-corrected chi connectivity index (χ3v) is 5.95. The van der Waals surface area contributed by atoms with E-state index in [1.54, 1.807) is 0 Å². The molecular weight excluding hydrogens is 308 g/mol. The van der Waals surface area contributed by atoms with E-state index in [1.165, 1.54) is 41.5 Å². The van der Waals surface area contributed by atoms with Gasteiger partial charge in [0.1, 0.15) is 0 Å². The summed E-state index contributed by atoms with van der Waals surface area (Å²) in [6.45, 7) is 4.07. The van der Waals surface area contributed by atoms with Gasteiger partial charge < -0.3 is 5.73 Å². The Morgan fingerprint density at radius 2 is 2.17 bits per heavy atom. The van der Waals surface area contributed by atoms with Gasteiger partial charge in [0, 0.05) is 21.9 Å². The molecule has 1 fully saturated rings. The molecule has 0 radical (unpaired) electrons. The van der Waals surface area contributed by atoms with Crippen LogP contribution in [0, 0.1) is 0 Å². The molecule has 1 aliphatic rings. The fourth-order valence-electron chi connectivity index (χ4n) is 3.08. The van der Waals surface area contributed by atoms with Gasteiger partial charge in [-0.1, -0.05) is 26.2 Å². The maximum Gasteiger partial charge on any atom is 0.0578 e. The zero-order valence-corrected chi connectivity index (χ0v) is 13.5. The van der Waals surface area contributed by atoms with Gasteiger partial charge >= 0.3 is 0 Å². The van der Waals surface area contributed by atoms with Gasteiger partial charge in [-0.3, -0.25) is 4.90 Å². The van der Waals surface area contributed by atoms with Gasteiger partial charge in [-0.05, 0) is 46.8 Å². The average Bonchev–Trinajstić information content (AvgIpc) is 2.83. The zero-order valence-electron chi connectivity index (χ0n) is 11.1. The molecule has 0 spiro atoms. The second-order valence-electron chi connectivity index (χ2n) is 5.01. The van der Waals surface area contributed by atoms with E-state index in [0.717, 1.165) is 12.6 Å². The Bertz CT molecular complexity index is 360. The monoisotopic (exact) mass is 330 g/mol. The molecule has 2 N–H and O–H groups in total. The van der Waals surface area contributed by atoms with Crippen molar-refractivity contribution in [2.75, 3.05) is 13.1 Å². The quantitative estimate of drug-likeness (QED) is 0.878. The van der Waals surface area contributed by atoms with Gasteiger partial charge in [0.05, 0.1) is 6.04 Å². The van der Waals surface area contributed by atoms with Crippen molar-refractivity contribution in [1.82, 2.24) is 4.90 Å². The van der Waals surface area contributed by atoms with Crippen LogP contribution in [-0.4, -0.2) is 24.0 Å². The van der Waals surface area contributed by atoms with Crippen LogP contribution in [0.1, 0.15) is 49.9 Å². The number of thiophene rings is 1. The number of halogens is 1. The van der Waals surface area contributed by atoms with E-state index in [-0.39, 0.29) is 0 Å². The summed E-state index contributed by atoms with van der Waals surface area (Å²) in [4.78, 5) is 4.01. The molecule has 18 heavy (non-hydrogen) atoms. The van der Waals surface area contributed by atoms with Crippen molar-refractivity contribution in [1.29, 1.82) is 0 Å². The molecule has 1 aromatic heterocycles. The molecule has 1 atom stereocenters. The van der Waals surface area contributed by atoms with Gasteiger partial charge in [0.15, 0.2) is 0 Å². The van der Waals surface area contributed by atoms with Crippen molar-refractivity contribution in [3.05, 3.63) is 20.8 Å². The highest BCUT2D eigenvalue weighted by atomic mass is 79.9. The molecule has 2 nitrogen and oxygen atoms in total. The number of likely N-dealkylation sites (N-methyl/N-ethyl adjacent to an activating group) is 1. The van der Waals surface area contributed by atoms with Crippen LogP contribution in [0.5, 0.6) is 0 Å². The molecule has 0 amide bonds. The van der Waals surface area contributed by atoms with E-state index >= 15 is 0 Å². The maximum atomic E-state index is 6.06. The van der Waals surface area contributed by atoms with E-state index < -0.39 is 0 Å². The minimum absolute atomic E-state index is 0.382. The van der Waals surface area contributed by atoms with Crippen LogP contribution in [0.2, 0.25) is 0 Å². The Morgan fingerprint density at radius 1 is 1.44 bits per heavy atom. The lowest BCUT2D eigenvalue weighted by atomic mass is 9.93. The van der Waals surface area contributed by atoms with E-state index in [1.807, 2.05) is 11.3 Å². The molecule has 0 aromatic carbocycles. The average molecular weight is 331 g/mol. The second kappa shape index (κ2) is 7.04. The maximum absolute atomic E-state index is 6.06. The Balaban J connectivity index is 2.15. The summed E-state index contributed by atoms with van der Waals surface area (Å²) in [5, 5.41) is 2.15. The largest absolute Gasteiger partial charge is 0.329 e. The molecule has 1 saturated carbocycles. The van der Waals surface area contributed by atoms with Gasteiger partial charge in [-0.25, -0.2) is 0 Å². The molecule has 0 bridgehead atoms. The highest BCUT2D eigenvalue weighted by molar-refractivity contribution is 9.10. The van der Waals surface area contributed by atoms with Gasteiger partial charge in [-0.2, -0.15) is 0 Å². The summed E-state index contributed by atoms with van der Waals surface area (Å²) in [5.74, 6) is 0. The lowest BCUT2D eigenvalue weighted by Crippen LogP contribution is -2.42. The van der Waals surface area contributed by atoms with Crippen LogP contribution >= 0.6 is 27.3 Å². The molecular formula is C14H23BrN2S. The molecule has 1 heterocycles. The van der Waals surface area contributed by atoms with Crippen molar-refractivity contribution in [2.24, 2.45) is 5.73 Å². The summed E-state index contributed by atoms with van der Waals surface area (Å²) in [6.07, 6.45) is 6.85. The first kappa shape index (κ1) is 14.5. The Hall–Kier alpha value is 0.100. The smallest absolute Gasteiger partial charge is 0.0578 e. The number of rotatable bonds is 5. The van der Waals surface area contributed by atoms with Crippen molar-refractivity contribution in [3.8, 4) is 0 Å². The molecule has 0 aliphatic heterocycles. The molecule has 1 aliphatic carbocycles. The first-order valence-corrected chi connectivity index (χ1v) is 8.63. The fraction of sp³-hybridized carbons (Fsp3) is 0.714. The fourth-order valence-corrected chi connectivity index (χ4v) is 4.85. The third kappa shape index (κ3) is 3.16. The number of hydrogen-bond donors (Lipinski definition) is 1. The molecule has 0 saturated heterocycles. The Labute approximate surface area is 123 Å². The highest BCUT2D eigenvalue weighted by Crippen LogP contribution is 2.35. The molecule has 2 rings (SSSR count). The minimum Gasteiger partial charge on any atom is -0.329 e. The summed E-state index contributed by atoms with van der Waals surface area (Å²) in [5.41, 5.74) is 6.06. The van der Waals surface area contributed by atoms with Crippen LogP contribution in [0.15, 0.2) is 15.9 Å². The van der Waals surface area contributed by atoms with Crippen molar-refractivity contribution in [3.63, 3.8) is 0 Å². The Kier molecular flexibility index (Phi) is 5.67. The second-order valence-corrected chi connectivity index (χ2v) is 6.81. The normalized spacial score (nSPS) is 19.3. The van der Waals surface area contributed by atoms with Crippen molar-refractivity contribution >= 4 is 27.3 Å². The summed E-state index contributed by atoms with van der Waals surface area (Å²) >= 11 is 5.48. The number of nitrogens with zero attached hydrogens (tertiary/aromatic N) is 1. The van der Waals surface area contributed by atoms with E-state index in [0.29, 0.717) is 12.6 Å². The van der Waals surface area contributed by atoms with Crippen molar-refractivity contribution < 1.29 is 0 Å². The summed E-state index contributed by atoms with van der Waals surface area (Å²) < 4.78 is 1.22. The van der Waals surface area contributed by atoms with Crippen molar-refractivity contribution in [2.45, 2.75) is 51.1 Å². The lowest BCUT2D eigenvalue weighted by molar-refractivity contribution is 0.115. The standard InChI is InChI=1S/C14H23BrN2S/c1-2-17(11-6-4-3-5-7-11)13(10-16)14-12(15)8-9-18-14/h8-9,11,13H,2-7,10,16H2,1H3. The molecule has 4 heteroatoms. The van der Waals surface area contributed by atoms with E-state index in [2.05, 4.69) is 39.2 Å². The van der Waals surface area contributed by atoms with Crippen LogP contribution in [-0.2, 0) is 0 Å². The van der Waals surface area contributed by atoms with E-state index in [9.17, 15) is 0 Å². The molecule has 1 unspecified atom stereocenters. The minimum atomic E-state index is 0.382. The Morgan fingerprint density at radius 3 is 2.67 bits per heavy atom. The first-order chi connectivity index (χ1) is 8.77. The predicted molar refractivity (Wildman–Crippen MR) is 83.1 cm³/mol. The highest BCUT2D eigenvalue weighted by Gasteiger charge is 2.28. The van der Waals surface area contributed by atoms with Crippen LogP contribution < -0.4 is 5.73 Å². The van der Waals surface area contributed by atoms with Gasteiger partial charge in [-0.15, -0.1) is 11.3 Å². The lowest BCUT2D eigenvalue weighted by Gasteiger charge is -2.38. The number of hydrogen-bond acceptors (Lipinski definition) is 3. The predicted octanol–water partition coefficient (Wildman–Crippen LogP) is 4.17. The van der Waals surface area contributed by atoms with Gasteiger partial charge in [0.2, 0.25) is 0 Å². The summed E-state index contributed by atoms with van der Waals surface area (Å²) in [7, 11) is 0. The van der Waals surface area contributed by atoms with Crippen LogP contribution in [0.4, 0.5) is 0 Å². The molecule has 102 valence electrons. The number of nitrogens with two attached hydrogens (primary N) is 1. The first-order valence-electron chi connectivity index (χ1n) is 6.96. The van der Waals surface area contributed by atoms with Crippen LogP contribution in [0.3, 0.4) is 0 Å². The van der Waals surface area contributed by atoms with E-state index in [4.69, 9.17) is 5.73 Å². The topological polar surface area (TPSA) is 29.3 Å². The SMILES string of the molecule is CCN(C1CCCCC1)C(CN)c1sccc1Br.